The first kappa shape index (κ1) is 17.2. The minimum absolute atomic E-state index is 0.267. The van der Waals surface area contributed by atoms with Gasteiger partial charge < -0.3 is 10.1 Å². The molecule has 2 aromatic heterocycles. The molecule has 25 heavy (non-hydrogen) atoms. The van der Waals surface area contributed by atoms with Gasteiger partial charge in [0.25, 0.3) is 5.91 Å². The predicted molar refractivity (Wildman–Crippen MR) is 98.0 cm³/mol. The molecule has 0 unspecified atom stereocenters. The molecule has 8 heteroatoms. The Morgan fingerprint density at radius 1 is 1.40 bits per heavy atom. The lowest BCUT2D eigenvalue weighted by Gasteiger charge is -2.08. The normalized spacial score (nSPS) is 10.7. The number of carbonyl (C=O) groups excluding carboxylic acids is 1. The number of hydrogen-bond donors (Lipinski definition) is 2. The van der Waals surface area contributed by atoms with Gasteiger partial charge in [-0.2, -0.15) is 10.2 Å². The molecule has 1 aromatic carbocycles. The molecule has 0 saturated heterocycles. The highest BCUT2D eigenvalue weighted by atomic mass is 79.9. The zero-order valence-electron chi connectivity index (χ0n) is 14.1. The van der Waals surface area contributed by atoms with Crippen LogP contribution in [0.1, 0.15) is 27.4 Å². The lowest BCUT2D eigenvalue weighted by atomic mass is 10.2. The SMILES string of the molecule is COc1cccc(Cn2nc(C)c(NC(=O)c3[nH]ncc3Br)c2C)c1. The molecule has 3 aromatic rings. The Morgan fingerprint density at radius 3 is 2.88 bits per heavy atom. The molecular weight excluding hydrogens is 386 g/mol. The molecule has 0 spiro atoms. The van der Waals surface area contributed by atoms with Crippen LogP contribution in [0.4, 0.5) is 5.69 Å². The number of halogens is 1. The fourth-order valence-electron chi connectivity index (χ4n) is 2.58. The Balaban J connectivity index is 1.83. The fraction of sp³-hybridized carbons (Fsp3) is 0.235. The maximum Gasteiger partial charge on any atom is 0.274 e. The monoisotopic (exact) mass is 403 g/mol. The fourth-order valence-corrected chi connectivity index (χ4v) is 2.95. The highest BCUT2D eigenvalue weighted by Crippen LogP contribution is 2.23. The lowest BCUT2D eigenvalue weighted by molar-refractivity contribution is 0.102. The number of nitrogens with one attached hydrogen (secondary N) is 2. The quantitative estimate of drug-likeness (QED) is 0.684. The molecular formula is C17H18BrN5O2. The summed E-state index contributed by atoms with van der Waals surface area (Å²) < 4.78 is 7.73. The van der Waals surface area contributed by atoms with Crippen molar-refractivity contribution in [3.63, 3.8) is 0 Å². The molecule has 0 aliphatic heterocycles. The van der Waals surface area contributed by atoms with E-state index >= 15 is 0 Å². The third-order valence-electron chi connectivity index (χ3n) is 3.91. The summed E-state index contributed by atoms with van der Waals surface area (Å²) >= 11 is 3.29. The number of carbonyl (C=O) groups is 1. The molecule has 1 amide bonds. The number of rotatable bonds is 5. The van der Waals surface area contributed by atoms with Gasteiger partial charge in [-0.1, -0.05) is 12.1 Å². The maximum atomic E-state index is 12.4. The summed E-state index contributed by atoms with van der Waals surface area (Å²) in [6.45, 7) is 4.39. The number of H-pyrrole nitrogens is 1. The van der Waals surface area contributed by atoms with E-state index in [0.717, 1.165) is 22.7 Å². The minimum Gasteiger partial charge on any atom is -0.497 e. The number of hydrogen-bond acceptors (Lipinski definition) is 4. The van der Waals surface area contributed by atoms with Gasteiger partial charge in [0.05, 0.1) is 41.4 Å². The highest BCUT2D eigenvalue weighted by molar-refractivity contribution is 9.10. The standard InChI is InChI=1S/C17H18BrN5O2/c1-10-15(20-17(24)16-14(18)8-19-21-16)11(2)23(22-10)9-12-5-4-6-13(7-12)25-3/h4-8H,9H2,1-3H3,(H,19,21)(H,20,24). The first-order valence-electron chi connectivity index (χ1n) is 7.66. The van der Waals surface area contributed by atoms with Gasteiger partial charge in [-0.05, 0) is 47.5 Å². The number of anilines is 1. The van der Waals surface area contributed by atoms with Crippen molar-refractivity contribution in [2.45, 2.75) is 20.4 Å². The molecule has 2 heterocycles. The summed E-state index contributed by atoms with van der Waals surface area (Å²) in [4.78, 5) is 12.4. The second kappa shape index (κ2) is 7.10. The van der Waals surface area contributed by atoms with Gasteiger partial charge in [0, 0.05) is 0 Å². The zero-order chi connectivity index (χ0) is 18.0. The lowest BCUT2D eigenvalue weighted by Crippen LogP contribution is -2.14. The predicted octanol–water partition coefficient (Wildman–Crippen LogP) is 3.29. The third kappa shape index (κ3) is 3.58. The Kier molecular flexibility index (Phi) is 4.89. The van der Waals surface area contributed by atoms with Crippen LogP contribution in [0.5, 0.6) is 5.75 Å². The van der Waals surface area contributed by atoms with Crippen LogP contribution in [0, 0.1) is 13.8 Å². The van der Waals surface area contributed by atoms with Gasteiger partial charge in [-0.15, -0.1) is 0 Å². The highest BCUT2D eigenvalue weighted by Gasteiger charge is 2.18. The average Bonchev–Trinajstić information content (AvgIpc) is 3.14. The van der Waals surface area contributed by atoms with E-state index in [1.165, 1.54) is 0 Å². The van der Waals surface area contributed by atoms with E-state index in [1.807, 2.05) is 42.8 Å². The first-order valence-corrected chi connectivity index (χ1v) is 8.46. The molecule has 0 bridgehead atoms. The van der Waals surface area contributed by atoms with Crippen molar-refractivity contribution >= 4 is 27.5 Å². The van der Waals surface area contributed by atoms with Crippen molar-refractivity contribution in [2.75, 3.05) is 12.4 Å². The second-order valence-corrected chi connectivity index (χ2v) is 6.46. The number of nitrogens with zero attached hydrogens (tertiary/aromatic N) is 3. The maximum absolute atomic E-state index is 12.4. The molecule has 3 rings (SSSR count). The summed E-state index contributed by atoms with van der Waals surface area (Å²) in [7, 11) is 1.64. The summed E-state index contributed by atoms with van der Waals surface area (Å²) in [5.74, 6) is 0.535. The van der Waals surface area contributed by atoms with Crippen molar-refractivity contribution in [3.8, 4) is 5.75 Å². The van der Waals surface area contributed by atoms with Crippen LogP contribution in [0.3, 0.4) is 0 Å². The topological polar surface area (TPSA) is 84.8 Å². The van der Waals surface area contributed by atoms with Crippen molar-refractivity contribution in [2.24, 2.45) is 0 Å². The number of aromatic nitrogens is 4. The van der Waals surface area contributed by atoms with E-state index in [2.05, 4.69) is 36.5 Å². The number of aryl methyl sites for hydroxylation is 1. The number of methoxy groups -OCH3 is 1. The van der Waals surface area contributed by atoms with Gasteiger partial charge in [0.2, 0.25) is 0 Å². The van der Waals surface area contributed by atoms with Crippen LogP contribution >= 0.6 is 15.9 Å². The van der Waals surface area contributed by atoms with Crippen LogP contribution in [-0.4, -0.2) is 33.0 Å². The van der Waals surface area contributed by atoms with E-state index in [1.54, 1.807) is 13.3 Å². The molecule has 0 aliphatic rings. The van der Waals surface area contributed by atoms with Crippen molar-refractivity contribution in [3.05, 3.63) is 57.6 Å². The molecule has 0 saturated carbocycles. The molecule has 0 atom stereocenters. The number of aromatic amines is 1. The van der Waals surface area contributed by atoms with Gasteiger partial charge in [0.1, 0.15) is 11.4 Å². The smallest absolute Gasteiger partial charge is 0.274 e. The van der Waals surface area contributed by atoms with E-state index in [0.29, 0.717) is 22.4 Å². The summed E-state index contributed by atoms with van der Waals surface area (Å²) in [5, 5.41) is 14.0. The van der Waals surface area contributed by atoms with E-state index in [4.69, 9.17) is 4.74 Å². The molecule has 0 radical (unpaired) electrons. The largest absolute Gasteiger partial charge is 0.497 e. The zero-order valence-corrected chi connectivity index (χ0v) is 15.7. The van der Waals surface area contributed by atoms with Crippen molar-refractivity contribution < 1.29 is 9.53 Å². The van der Waals surface area contributed by atoms with Crippen molar-refractivity contribution in [1.29, 1.82) is 0 Å². The Bertz CT molecular complexity index is 916. The molecule has 130 valence electrons. The second-order valence-electron chi connectivity index (χ2n) is 5.60. The molecule has 0 fully saturated rings. The van der Waals surface area contributed by atoms with Crippen LogP contribution in [0.2, 0.25) is 0 Å². The summed E-state index contributed by atoms with van der Waals surface area (Å²) in [6, 6.07) is 7.83. The van der Waals surface area contributed by atoms with Crippen molar-refractivity contribution in [1.82, 2.24) is 20.0 Å². The molecule has 0 aliphatic carbocycles. The van der Waals surface area contributed by atoms with Gasteiger partial charge in [-0.25, -0.2) is 0 Å². The molecule has 7 nitrogen and oxygen atoms in total. The van der Waals surface area contributed by atoms with Crippen LogP contribution in [0.15, 0.2) is 34.9 Å². The van der Waals surface area contributed by atoms with E-state index in [9.17, 15) is 4.79 Å². The van der Waals surface area contributed by atoms with E-state index in [-0.39, 0.29) is 5.91 Å². The number of amides is 1. The summed E-state index contributed by atoms with van der Waals surface area (Å²) in [5.41, 5.74) is 3.78. The average molecular weight is 404 g/mol. The van der Waals surface area contributed by atoms with Crippen LogP contribution < -0.4 is 10.1 Å². The van der Waals surface area contributed by atoms with Gasteiger partial charge >= 0.3 is 0 Å². The Hall–Kier alpha value is -2.61. The minimum atomic E-state index is -0.267. The number of benzene rings is 1. The van der Waals surface area contributed by atoms with Gasteiger partial charge in [0.15, 0.2) is 0 Å². The van der Waals surface area contributed by atoms with E-state index < -0.39 is 0 Å². The summed E-state index contributed by atoms with van der Waals surface area (Å²) in [6.07, 6.45) is 1.54. The Morgan fingerprint density at radius 2 is 2.20 bits per heavy atom. The third-order valence-corrected chi connectivity index (χ3v) is 4.51. The first-order chi connectivity index (χ1) is 12.0. The number of ether oxygens (including phenoxy) is 1. The van der Waals surface area contributed by atoms with Crippen LogP contribution in [0.25, 0.3) is 0 Å². The van der Waals surface area contributed by atoms with Crippen LogP contribution in [-0.2, 0) is 6.54 Å². The molecule has 2 N–H and O–H groups in total. The van der Waals surface area contributed by atoms with Gasteiger partial charge in [-0.3, -0.25) is 14.6 Å². The Labute approximate surface area is 153 Å².